The molecule has 6 heteroatoms. The van der Waals surface area contributed by atoms with E-state index < -0.39 is 21.5 Å². The quantitative estimate of drug-likeness (QED) is 0.911. The molecule has 116 valence electrons. The fourth-order valence-corrected chi connectivity index (χ4v) is 3.32. The van der Waals surface area contributed by atoms with Crippen LogP contribution in [0.2, 0.25) is 5.02 Å². The molecular weight excluding hydrogens is 322 g/mol. The zero-order chi connectivity index (χ0) is 16.2. The van der Waals surface area contributed by atoms with Crippen molar-refractivity contribution in [2.75, 3.05) is 11.1 Å². The molecule has 0 radical (unpaired) electrons. The molecule has 0 aliphatic carbocycles. The van der Waals surface area contributed by atoms with Gasteiger partial charge in [0.15, 0.2) is 9.84 Å². The third-order valence-electron chi connectivity index (χ3n) is 2.99. The Morgan fingerprint density at radius 1 is 1.05 bits per heavy atom. The van der Waals surface area contributed by atoms with Crippen LogP contribution in [0.5, 0.6) is 0 Å². The van der Waals surface area contributed by atoms with Gasteiger partial charge in [0, 0.05) is 10.7 Å². The summed E-state index contributed by atoms with van der Waals surface area (Å²) in [4.78, 5) is 11.8. The molecule has 0 fully saturated rings. The lowest BCUT2D eigenvalue weighted by molar-refractivity contribution is -0.113. The molecule has 22 heavy (non-hydrogen) atoms. The number of aryl methyl sites for hydroxylation is 1. The first kappa shape index (κ1) is 16.5. The summed E-state index contributed by atoms with van der Waals surface area (Å²) in [6, 6.07) is 13.7. The third-order valence-corrected chi connectivity index (χ3v) is 4.71. The summed E-state index contributed by atoms with van der Waals surface area (Å²) in [5.41, 5.74) is 2.25. The van der Waals surface area contributed by atoms with E-state index in [0.29, 0.717) is 16.3 Å². The molecule has 0 aliphatic rings. The zero-order valence-electron chi connectivity index (χ0n) is 12.0. The SMILES string of the molecule is Cc1ccc(NC(=O)CS(=O)(=O)Cc2ccc(Cl)cc2)cc1. The summed E-state index contributed by atoms with van der Waals surface area (Å²) in [6.45, 7) is 1.93. The number of hydrogen-bond donors (Lipinski definition) is 1. The second kappa shape index (κ2) is 6.94. The van der Waals surface area contributed by atoms with Gasteiger partial charge < -0.3 is 5.32 Å². The Kier molecular flexibility index (Phi) is 5.21. The predicted octanol–water partition coefficient (Wildman–Crippen LogP) is 3.20. The molecule has 4 nitrogen and oxygen atoms in total. The normalized spacial score (nSPS) is 11.2. The minimum absolute atomic E-state index is 0.189. The summed E-state index contributed by atoms with van der Waals surface area (Å²) in [6.07, 6.45) is 0. The van der Waals surface area contributed by atoms with E-state index in [1.54, 1.807) is 36.4 Å². The highest BCUT2D eigenvalue weighted by Crippen LogP contribution is 2.13. The Morgan fingerprint density at radius 2 is 1.64 bits per heavy atom. The highest BCUT2D eigenvalue weighted by atomic mass is 35.5. The molecule has 0 heterocycles. The maximum Gasteiger partial charge on any atom is 0.239 e. The Morgan fingerprint density at radius 3 is 2.23 bits per heavy atom. The topological polar surface area (TPSA) is 63.2 Å². The minimum Gasteiger partial charge on any atom is -0.325 e. The number of nitrogens with one attached hydrogen (secondary N) is 1. The Labute approximate surface area is 135 Å². The van der Waals surface area contributed by atoms with Crippen LogP contribution < -0.4 is 5.32 Å². The van der Waals surface area contributed by atoms with Crippen LogP contribution in [0, 0.1) is 6.92 Å². The summed E-state index contributed by atoms with van der Waals surface area (Å²) < 4.78 is 24.1. The van der Waals surface area contributed by atoms with Crippen LogP contribution in [0.15, 0.2) is 48.5 Å². The number of rotatable bonds is 5. The van der Waals surface area contributed by atoms with Crippen LogP contribution in [0.3, 0.4) is 0 Å². The molecule has 2 aromatic carbocycles. The molecule has 0 unspecified atom stereocenters. The molecular formula is C16H16ClNO3S. The lowest BCUT2D eigenvalue weighted by Crippen LogP contribution is -2.23. The second-order valence-corrected chi connectivity index (χ2v) is 7.57. The predicted molar refractivity (Wildman–Crippen MR) is 88.8 cm³/mol. The van der Waals surface area contributed by atoms with Crippen molar-refractivity contribution in [2.45, 2.75) is 12.7 Å². The van der Waals surface area contributed by atoms with Crippen molar-refractivity contribution in [3.63, 3.8) is 0 Å². The van der Waals surface area contributed by atoms with Gasteiger partial charge in [-0.05, 0) is 36.8 Å². The van der Waals surface area contributed by atoms with Crippen LogP contribution in [-0.4, -0.2) is 20.1 Å². The van der Waals surface area contributed by atoms with Crippen molar-refractivity contribution in [3.05, 3.63) is 64.7 Å². The number of carbonyl (C=O) groups excluding carboxylic acids is 1. The molecule has 2 aromatic rings. The van der Waals surface area contributed by atoms with E-state index in [1.165, 1.54) is 0 Å². The van der Waals surface area contributed by atoms with E-state index in [0.717, 1.165) is 5.56 Å². The van der Waals surface area contributed by atoms with Gasteiger partial charge >= 0.3 is 0 Å². The molecule has 0 saturated carbocycles. The molecule has 0 spiro atoms. The van der Waals surface area contributed by atoms with Crippen LogP contribution in [0.1, 0.15) is 11.1 Å². The monoisotopic (exact) mass is 337 g/mol. The number of amides is 1. The Hall–Kier alpha value is -1.85. The third kappa shape index (κ3) is 5.16. The largest absolute Gasteiger partial charge is 0.325 e. The maximum absolute atomic E-state index is 12.0. The van der Waals surface area contributed by atoms with Gasteiger partial charge in [-0.1, -0.05) is 41.4 Å². The molecule has 1 N–H and O–H groups in total. The lowest BCUT2D eigenvalue weighted by Gasteiger charge is -2.07. The molecule has 0 atom stereocenters. The van der Waals surface area contributed by atoms with E-state index in [4.69, 9.17) is 11.6 Å². The first-order chi connectivity index (χ1) is 10.3. The summed E-state index contributed by atoms with van der Waals surface area (Å²) in [5.74, 6) is -1.28. The van der Waals surface area contributed by atoms with Crippen molar-refractivity contribution in [1.82, 2.24) is 0 Å². The van der Waals surface area contributed by atoms with Gasteiger partial charge in [0.2, 0.25) is 5.91 Å². The van der Waals surface area contributed by atoms with E-state index in [9.17, 15) is 13.2 Å². The van der Waals surface area contributed by atoms with Gasteiger partial charge in [-0.3, -0.25) is 4.79 Å². The van der Waals surface area contributed by atoms with Gasteiger partial charge in [-0.2, -0.15) is 0 Å². The number of halogens is 1. The van der Waals surface area contributed by atoms with Gasteiger partial charge in [0.1, 0.15) is 5.75 Å². The molecule has 0 aliphatic heterocycles. The minimum atomic E-state index is -3.53. The van der Waals surface area contributed by atoms with Gasteiger partial charge in [-0.25, -0.2) is 8.42 Å². The van der Waals surface area contributed by atoms with Crippen LogP contribution in [-0.2, 0) is 20.4 Å². The highest BCUT2D eigenvalue weighted by Gasteiger charge is 2.17. The first-order valence-corrected chi connectivity index (χ1v) is 8.85. The van der Waals surface area contributed by atoms with Crippen molar-refractivity contribution in [1.29, 1.82) is 0 Å². The highest BCUT2D eigenvalue weighted by molar-refractivity contribution is 7.91. The molecule has 1 amide bonds. The fourth-order valence-electron chi connectivity index (χ4n) is 1.92. The Balaban J connectivity index is 1.97. The molecule has 0 saturated heterocycles. The summed E-state index contributed by atoms with van der Waals surface area (Å²) >= 11 is 5.76. The average Bonchev–Trinajstić information content (AvgIpc) is 2.43. The van der Waals surface area contributed by atoms with Crippen molar-refractivity contribution < 1.29 is 13.2 Å². The van der Waals surface area contributed by atoms with Crippen LogP contribution in [0.4, 0.5) is 5.69 Å². The number of sulfone groups is 1. The summed E-state index contributed by atoms with van der Waals surface area (Å²) in [7, 11) is -3.53. The van der Waals surface area contributed by atoms with Crippen molar-refractivity contribution in [3.8, 4) is 0 Å². The van der Waals surface area contributed by atoms with Crippen LogP contribution in [0.25, 0.3) is 0 Å². The molecule has 0 aromatic heterocycles. The van der Waals surface area contributed by atoms with E-state index in [2.05, 4.69) is 5.32 Å². The smallest absolute Gasteiger partial charge is 0.239 e. The van der Waals surface area contributed by atoms with Gasteiger partial charge in [0.05, 0.1) is 5.75 Å². The first-order valence-electron chi connectivity index (χ1n) is 6.65. The van der Waals surface area contributed by atoms with Crippen molar-refractivity contribution >= 4 is 33.0 Å². The van der Waals surface area contributed by atoms with Crippen molar-refractivity contribution in [2.24, 2.45) is 0 Å². The molecule has 2 rings (SSSR count). The molecule has 0 bridgehead atoms. The standard InChI is InChI=1S/C16H16ClNO3S/c1-12-2-8-15(9-3-12)18-16(19)11-22(20,21)10-13-4-6-14(17)7-5-13/h2-9H,10-11H2,1H3,(H,18,19). The van der Waals surface area contributed by atoms with Gasteiger partial charge in [-0.15, -0.1) is 0 Å². The van der Waals surface area contributed by atoms with E-state index in [-0.39, 0.29) is 5.75 Å². The number of anilines is 1. The van der Waals surface area contributed by atoms with E-state index in [1.807, 2.05) is 19.1 Å². The zero-order valence-corrected chi connectivity index (χ0v) is 13.6. The van der Waals surface area contributed by atoms with Crippen LogP contribution >= 0.6 is 11.6 Å². The lowest BCUT2D eigenvalue weighted by atomic mass is 10.2. The van der Waals surface area contributed by atoms with Gasteiger partial charge in [0.25, 0.3) is 0 Å². The fraction of sp³-hybridized carbons (Fsp3) is 0.188. The number of carbonyl (C=O) groups is 1. The van der Waals surface area contributed by atoms with E-state index >= 15 is 0 Å². The second-order valence-electron chi connectivity index (χ2n) is 5.07. The number of benzene rings is 2. The average molecular weight is 338 g/mol. The maximum atomic E-state index is 12.0. The Bertz CT molecular complexity index is 753. The summed E-state index contributed by atoms with van der Waals surface area (Å²) in [5, 5.41) is 3.12. The number of hydrogen-bond acceptors (Lipinski definition) is 3.